The topological polar surface area (TPSA) is 102 Å². The molecule has 3 rings (SSSR count). The minimum Gasteiger partial charge on any atom is -0.486 e. The highest BCUT2D eigenvalue weighted by molar-refractivity contribution is 6.35. The Balaban J connectivity index is 1.49. The molecule has 2 aromatic rings. The van der Waals surface area contributed by atoms with Crippen molar-refractivity contribution >= 4 is 18.0 Å². The fourth-order valence-electron chi connectivity index (χ4n) is 2.12. The summed E-state index contributed by atoms with van der Waals surface area (Å²) in [5, 5.41) is 6.26. The van der Waals surface area contributed by atoms with Gasteiger partial charge in [-0.2, -0.15) is 5.10 Å². The van der Waals surface area contributed by atoms with Crippen LogP contribution in [-0.2, 0) is 16.1 Å². The lowest BCUT2D eigenvalue weighted by Crippen LogP contribution is -2.37. The van der Waals surface area contributed by atoms with Gasteiger partial charge in [0.2, 0.25) is 0 Å². The molecule has 2 amide bonds. The molecule has 0 atom stereocenters. The Morgan fingerprint density at radius 2 is 2.00 bits per heavy atom. The van der Waals surface area contributed by atoms with E-state index in [0.29, 0.717) is 30.3 Å². The zero-order valence-corrected chi connectivity index (χ0v) is 13.3. The zero-order chi connectivity index (χ0) is 17.5. The molecule has 8 nitrogen and oxygen atoms in total. The third-order valence-corrected chi connectivity index (χ3v) is 3.33. The average molecular weight is 340 g/mol. The first-order chi connectivity index (χ1) is 12.2. The van der Waals surface area contributed by atoms with E-state index in [4.69, 9.17) is 9.47 Å². The summed E-state index contributed by atoms with van der Waals surface area (Å²) in [6, 6.07) is 8.82. The Bertz CT molecular complexity index is 792. The fraction of sp³-hybridized carbons (Fsp3) is 0.176. The minimum absolute atomic E-state index is 0.214. The monoisotopic (exact) mass is 340 g/mol. The normalized spacial score (nSPS) is 12.6. The molecule has 0 bridgehead atoms. The molecule has 0 unspecified atom stereocenters. The van der Waals surface area contributed by atoms with Crippen LogP contribution in [0, 0.1) is 0 Å². The number of carbonyl (C=O) groups is 2. The molecule has 0 saturated carbocycles. The highest BCUT2D eigenvalue weighted by Crippen LogP contribution is 2.30. The summed E-state index contributed by atoms with van der Waals surface area (Å²) < 4.78 is 10.9. The number of hydrogen-bond acceptors (Lipinski definition) is 6. The summed E-state index contributed by atoms with van der Waals surface area (Å²) in [6.45, 7) is 1.22. The number of nitrogens with one attached hydrogen (secondary N) is 2. The standard InChI is InChI=1S/C17H16N4O4/c22-16(19-10-13-2-1-5-18-9-13)17(23)21-20-11-12-3-4-14-15(8-12)25-7-6-24-14/h1-5,8-9,11H,6-7,10H2,(H,19,22)(H,21,23)/b20-11-. The first kappa shape index (κ1) is 16.4. The highest BCUT2D eigenvalue weighted by atomic mass is 16.6. The van der Waals surface area contributed by atoms with Gasteiger partial charge in [-0.15, -0.1) is 0 Å². The molecule has 0 radical (unpaired) electrons. The van der Waals surface area contributed by atoms with E-state index in [1.165, 1.54) is 6.21 Å². The van der Waals surface area contributed by atoms with E-state index in [0.717, 1.165) is 5.56 Å². The molecule has 8 heteroatoms. The van der Waals surface area contributed by atoms with E-state index in [2.05, 4.69) is 20.8 Å². The van der Waals surface area contributed by atoms with Crippen molar-refractivity contribution < 1.29 is 19.1 Å². The number of fused-ring (bicyclic) bond motifs is 1. The molecule has 0 spiro atoms. The molecular weight excluding hydrogens is 324 g/mol. The van der Waals surface area contributed by atoms with Crippen LogP contribution in [0.25, 0.3) is 0 Å². The Morgan fingerprint density at radius 3 is 2.80 bits per heavy atom. The Morgan fingerprint density at radius 1 is 1.16 bits per heavy atom. The molecule has 2 heterocycles. The molecule has 1 aromatic heterocycles. The van der Waals surface area contributed by atoms with Crippen molar-refractivity contribution in [2.45, 2.75) is 6.54 Å². The number of ether oxygens (including phenoxy) is 2. The number of nitrogens with zero attached hydrogens (tertiary/aromatic N) is 2. The van der Waals surface area contributed by atoms with E-state index in [1.807, 2.05) is 0 Å². The zero-order valence-electron chi connectivity index (χ0n) is 13.3. The van der Waals surface area contributed by atoms with E-state index in [1.54, 1.807) is 42.7 Å². The number of amides is 2. The van der Waals surface area contributed by atoms with Crippen molar-refractivity contribution in [1.82, 2.24) is 15.7 Å². The number of carbonyl (C=O) groups excluding carboxylic acids is 2. The largest absolute Gasteiger partial charge is 0.486 e. The van der Waals surface area contributed by atoms with Crippen LogP contribution >= 0.6 is 0 Å². The lowest BCUT2D eigenvalue weighted by molar-refractivity contribution is -0.139. The van der Waals surface area contributed by atoms with Gasteiger partial charge >= 0.3 is 11.8 Å². The van der Waals surface area contributed by atoms with Crippen molar-refractivity contribution in [3.63, 3.8) is 0 Å². The molecule has 1 aromatic carbocycles. The average Bonchev–Trinajstić information content (AvgIpc) is 2.66. The number of pyridine rings is 1. The predicted octanol–water partition coefficient (Wildman–Crippen LogP) is 0.619. The molecular formula is C17H16N4O4. The van der Waals surface area contributed by atoms with Crippen LogP contribution in [0.3, 0.4) is 0 Å². The quantitative estimate of drug-likeness (QED) is 0.483. The summed E-state index contributed by atoms with van der Waals surface area (Å²) in [5.74, 6) is -0.334. The minimum atomic E-state index is -0.849. The van der Waals surface area contributed by atoms with Gasteiger partial charge in [0.15, 0.2) is 11.5 Å². The van der Waals surface area contributed by atoms with Gasteiger partial charge < -0.3 is 14.8 Å². The molecule has 1 aliphatic rings. The number of aromatic nitrogens is 1. The van der Waals surface area contributed by atoms with Crippen LogP contribution in [0.2, 0.25) is 0 Å². The van der Waals surface area contributed by atoms with E-state index < -0.39 is 11.8 Å². The van der Waals surface area contributed by atoms with Gasteiger partial charge in [0, 0.05) is 18.9 Å². The maximum Gasteiger partial charge on any atom is 0.329 e. The molecule has 128 valence electrons. The molecule has 25 heavy (non-hydrogen) atoms. The van der Waals surface area contributed by atoms with Crippen molar-refractivity contribution in [2.24, 2.45) is 5.10 Å². The Labute approximate surface area is 143 Å². The second-order valence-corrected chi connectivity index (χ2v) is 5.15. The number of rotatable bonds is 4. The number of benzene rings is 1. The maximum atomic E-state index is 11.7. The lowest BCUT2D eigenvalue weighted by Gasteiger charge is -2.18. The maximum absolute atomic E-state index is 11.7. The van der Waals surface area contributed by atoms with Crippen LogP contribution in [0.15, 0.2) is 47.8 Å². The van der Waals surface area contributed by atoms with Gasteiger partial charge in [-0.25, -0.2) is 5.43 Å². The first-order valence-electron chi connectivity index (χ1n) is 7.62. The van der Waals surface area contributed by atoms with Gasteiger partial charge in [0.25, 0.3) is 0 Å². The van der Waals surface area contributed by atoms with Crippen molar-refractivity contribution in [3.8, 4) is 11.5 Å². The van der Waals surface area contributed by atoms with Gasteiger partial charge in [-0.3, -0.25) is 14.6 Å². The van der Waals surface area contributed by atoms with Crippen LogP contribution in [0.4, 0.5) is 0 Å². The molecule has 0 fully saturated rings. The smallest absolute Gasteiger partial charge is 0.329 e. The van der Waals surface area contributed by atoms with Crippen molar-refractivity contribution in [1.29, 1.82) is 0 Å². The highest BCUT2D eigenvalue weighted by Gasteiger charge is 2.13. The lowest BCUT2D eigenvalue weighted by atomic mass is 10.2. The van der Waals surface area contributed by atoms with Crippen LogP contribution in [0.5, 0.6) is 11.5 Å². The van der Waals surface area contributed by atoms with Crippen molar-refractivity contribution in [2.75, 3.05) is 13.2 Å². The summed E-state index contributed by atoms with van der Waals surface area (Å²) in [6.07, 6.45) is 4.66. The SMILES string of the molecule is O=C(NCc1cccnc1)C(=O)N/N=C\c1ccc2c(c1)OCCO2. The summed E-state index contributed by atoms with van der Waals surface area (Å²) >= 11 is 0. The number of hydrazone groups is 1. The van der Waals surface area contributed by atoms with Gasteiger partial charge in [0.1, 0.15) is 13.2 Å². The Kier molecular flexibility index (Phi) is 5.20. The number of hydrogen-bond donors (Lipinski definition) is 2. The van der Waals surface area contributed by atoms with E-state index in [-0.39, 0.29) is 6.54 Å². The van der Waals surface area contributed by atoms with E-state index in [9.17, 15) is 9.59 Å². The second kappa shape index (κ2) is 7.91. The summed E-state index contributed by atoms with van der Waals surface area (Å²) in [5.41, 5.74) is 3.68. The van der Waals surface area contributed by atoms with Gasteiger partial charge in [-0.05, 0) is 35.4 Å². The molecule has 2 N–H and O–H groups in total. The Hall–Kier alpha value is -3.42. The van der Waals surface area contributed by atoms with Crippen LogP contribution < -0.4 is 20.2 Å². The third kappa shape index (κ3) is 4.54. The predicted molar refractivity (Wildman–Crippen MR) is 89.3 cm³/mol. The summed E-state index contributed by atoms with van der Waals surface area (Å²) in [7, 11) is 0. The summed E-state index contributed by atoms with van der Waals surface area (Å²) in [4.78, 5) is 27.3. The molecule has 0 saturated heterocycles. The van der Waals surface area contributed by atoms with Gasteiger partial charge in [0.05, 0.1) is 6.21 Å². The fourth-order valence-corrected chi connectivity index (χ4v) is 2.12. The molecule has 0 aliphatic carbocycles. The third-order valence-electron chi connectivity index (χ3n) is 3.33. The van der Waals surface area contributed by atoms with Crippen molar-refractivity contribution in [3.05, 3.63) is 53.9 Å². The second-order valence-electron chi connectivity index (χ2n) is 5.15. The molecule has 1 aliphatic heterocycles. The van der Waals surface area contributed by atoms with Crippen LogP contribution in [-0.4, -0.2) is 36.2 Å². The van der Waals surface area contributed by atoms with Crippen LogP contribution in [0.1, 0.15) is 11.1 Å². The van der Waals surface area contributed by atoms with E-state index >= 15 is 0 Å². The first-order valence-corrected chi connectivity index (χ1v) is 7.62. The van der Waals surface area contributed by atoms with Gasteiger partial charge in [-0.1, -0.05) is 6.07 Å².